The predicted molar refractivity (Wildman–Crippen MR) is 80.8 cm³/mol. The SMILES string of the molecule is Cn1ccn(C(c2ccccc2)C2CCCCC2)c1=O. The van der Waals surface area contributed by atoms with E-state index in [1.165, 1.54) is 37.7 Å². The number of benzene rings is 1. The molecule has 1 aromatic heterocycles. The van der Waals surface area contributed by atoms with Gasteiger partial charge in [-0.15, -0.1) is 0 Å². The summed E-state index contributed by atoms with van der Waals surface area (Å²) in [6.07, 6.45) is 10.2. The Balaban J connectivity index is 2.03. The van der Waals surface area contributed by atoms with Gasteiger partial charge in [0.2, 0.25) is 0 Å². The summed E-state index contributed by atoms with van der Waals surface area (Å²) in [5, 5.41) is 0. The van der Waals surface area contributed by atoms with E-state index in [-0.39, 0.29) is 11.7 Å². The van der Waals surface area contributed by atoms with Gasteiger partial charge in [-0.05, 0) is 24.3 Å². The van der Waals surface area contributed by atoms with Crippen molar-refractivity contribution >= 4 is 0 Å². The fraction of sp³-hybridized carbons (Fsp3) is 0.471. The van der Waals surface area contributed by atoms with Gasteiger partial charge in [0.15, 0.2) is 0 Å². The molecule has 1 saturated carbocycles. The predicted octanol–water partition coefficient (Wildman–Crippen LogP) is 3.36. The first kappa shape index (κ1) is 13.2. The maximum atomic E-state index is 12.4. The van der Waals surface area contributed by atoms with Crippen LogP contribution in [-0.2, 0) is 7.05 Å². The average Bonchev–Trinajstić information content (AvgIpc) is 2.82. The number of imidazole rings is 1. The third kappa shape index (κ3) is 2.45. The van der Waals surface area contributed by atoms with Gasteiger partial charge in [0.1, 0.15) is 0 Å². The van der Waals surface area contributed by atoms with Gasteiger partial charge in [-0.1, -0.05) is 49.6 Å². The Bertz CT molecular complexity index is 605. The Morgan fingerprint density at radius 2 is 1.75 bits per heavy atom. The van der Waals surface area contributed by atoms with Crippen LogP contribution in [0.1, 0.15) is 43.7 Å². The van der Waals surface area contributed by atoms with Crippen molar-refractivity contribution in [2.24, 2.45) is 13.0 Å². The smallest absolute Gasteiger partial charge is 0.302 e. The third-order valence-electron chi connectivity index (χ3n) is 4.51. The molecule has 1 aliphatic carbocycles. The maximum Gasteiger partial charge on any atom is 0.328 e. The Hall–Kier alpha value is -1.77. The summed E-state index contributed by atoms with van der Waals surface area (Å²) < 4.78 is 3.59. The van der Waals surface area contributed by atoms with Crippen molar-refractivity contribution in [3.05, 3.63) is 58.8 Å². The minimum atomic E-state index is 0.0874. The third-order valence-corrected chi connectivity index (χ3v) is 4.51. The maximum absolute atomic E-state index is 12.4. The van der Waals surface area contributed by atoms with Gasteiger partial charge in [0.25, 0.3) is 0 Å². The van der Waals surface area contributed by atoms with E-state index in [0.29, 0.717) is 5.92 Å². The minimum Gasteiger partial charge on any atom is -0.302 e. The monoisotopic (exact) mass is 270 g/mol. The highest BCUT2D eigenvalue weighted by Crippen LogP contribution is 2.36. The minimum absolute atomic E-state index is 0.0874. The van der Waals surface area contributed by atoms with Crippen LogP contribution < -0.4 is 5.69 Å². The highest BCUT2D eigenvalue weighted by atomic mass is 16.1. The summed E-state index contributed by atoms with van der Waals surface area (Å²) in [4.78, 5) is 12.4. The van der Waals surface area contributed by atoms with Gasteiger partial charge in [-0.25, -0.2) is 4.79 Å². The molecule has 1 heterocycles. The van der Waals surface area contributed by atoms with Crippen molar-refractivity contribution in [3.8, 4) is 0 Å². The molecule has 3 nitrogen and oxygen atoms in total. The van der Waals surface area contributed by atoms with Crippen molar-refractivity contribution < 1.29 is 0 Å². The second-order valence-electron chi connectivity index (χ2n) is 5.85. The standard InChI is InChI=1S/C17H22N2O/c1-18-12-13-19(17(18)20)16(14-8-4-2-5-9-14)15-10-6-3-7-11-15/h2,4-5,8-9,12-13,15-16H,3,6-7,10-11H2,1H3. The normalized spacial score (nSPS) is 18.1. The molecule has 0 radical (unpaired) electrons. The van der Waals surface area contributed by atoms with Gasteiger partial charge in [-0.2, -0.15) is 0 Å². The van der Waals surface area contributed by atoms with E-state index in [4.69, 9.17) is 0 Å². The highest BCUT2D eigenvalue weighted by Gasteiger charge is 2.27. The molecule has 106 valence electrons. The first-order valence-corrected chi connectivity index (χ1v) is 7.56. The summed E-state index contributed by atoms with van der Waals surface area (Å²) >= 11 is 0. The Labute approximate surface area is 119 Å². The molecule has 3 heteroatoms. The number of hydrogen-bond acceptors (Lipinski definition) is 1. The Morgan fingerprint density at radius 1 is 1.05 bits per heavy atom. The number of aryl methyl sites for hydroxylation is 1. The van der Waals surface area contributed by atoms with E-state index < -0.39 is 0 Å². The molecule has 3 rings (SSSR count). The van der Waals surface area contributed by atoms with Crippen molar-refractivity contribution in [3.63, 3.8) is 0 Å². The van der Waals surface area contributed by atoms with E-state index in [0.717, 1.165) is 0 Å². The second kappa shape index (κ2) is 5.70. The summed E-state index contributed by atoms with van der Waals surface area (Å²) in [7, 11) is 1.82. The van der Waals surface area contributed by atoms with Crippen LogP contribution >= 0.6 is 0 Å². The fourth-order valence-corrected chi connectivity index (χ4v) is 3.45. The van der Waals surface area contributed by atoms with Gasteiger partial charge < -0.3 is 4.57 Å². The first-order valence-electron chi connectivity index (χ1n) is 7.56. The Kier molecular flexibility index (Phi) is 3.77. The lowest BCUT2D eigenvalue weighted by Gasteiger charge is -2.31. The first-order chi connectivity index (χ1) is 9.77. The largest absolute Gasteiger partial charge is 0.328 e. The van der Waals surface area contributed by atoms with Crippen LogP contribution in [0.15, 0.2) is 47.5 Å². The van der Waals surface area contributed by atoms with E-state index in [1.807, 2.05) is 30.1 Å². The zero-order valence-corrected chi connectivity index (χ0v) is 12.0. The molecule has 1 atom stereocenters. The lowest BCUT2D eigenvalue weighted by molar-refractivity contribution is 0.275. The number of hydrogen-bond donors (Lipinski definition) is 0. The van der Waals surface area contributed by atoms with Gasteiger partial charge >= 0.3 is 5.69 Å². The Morgan fingerprint density at radius 3 is 2.35 bits per heavy atom. The second-order valence-corrected chi connectivity index (χ2v) is 5.85. The van der Waals surface area contributed by atoms with Gasteiger partial charge in [0, 0.05) is 19.4 Å². The molecule has 0 saturated heterocycles. The van der Waals surface area contributed by atoms with Crippen molar-refractivity contribution in [2.45, 2.75) is 38.1 Å². The van der Waals surface area contributed by atoms with Crippen molar-refractivity contribution in [1.82, 2.24) is 9.13 Å². The van der Waals surface area contributed by atoms with E-state index in [9.17, 15) is 4.79 Å². The van der Waals surface area contributed by atoms with E-state index >= 15 is 0 Å². The number of rotatable bonds is 3. The van der Waals surface area contributed by atoms with Crippen LogP contribution in [0.5, 0.6) is 0 Å². The van der Waals surface area contributed by atoms with Crippen LogP contribution in [0.4, 0.5) is 0 Å². The summed E-state index contributed by atoms with van der Waals surface area (Å²) in [6.45, 7) is 0. The van der Waals surface area contributed by atoms with Crippen LogP contribution in [0.2, 0.25) is 0 Å². The zero-order chi connectivity index (χ0) is 13.9. The molecular weight excluding hydrogens is 248 g/mol. The van der Waals surface area contributed by atoms with Crippen molar-refractivity contribution in [2.75, 3.05) is 0 Å². The van der Waals surface area contributed by atoms with E-state index in [1.54, 1.807) is 4.57 Å². The number of aromatic nitrogens is 2. The average molecular weight is 270 g/mol. The lowest BCUT2D eigenvalue weighted by atomic mass is 9.81. The molecule has 1 unspecified atom stereocenters. The van der Waals surface area contributed by atoms with Crippen LogP contribution in [0.25, 0.3) is 0 Å². The van der Waals surface area contributed by atoms with E-state index in [2.05, 4.69) is 24.3 Å². The summed E-state index contributed by atoms with van der Waals surface area (Å²) in [6, 6.07) is 10.7. The molecule has 1 aromatic carbocycles. The summed E-state index contributed by atoms with van der Waals surface area (Å²) in [5.74, 6) is 0.575. The van der Waals surface area contributed by atoms with Gasteiger partial charge in [0.05, 0.1) is 6.04 Å². The van der Waals surface area contributed by atoms with Gasteiger partial charge in [-0.3, -0.25) is 4.57 Å². The molecule has 20 heavy (non-hydrogen) atoms. The molecule has 0 spiro atoms. The van der Waals surface area contributed by atoms with Crippen LogP contribution in [-0.4, -0.2) is 9.13 Å². The summed E-state index contributed by atoms with van der Waals surface area (Å²) in [5.41, 5.74) is 1.34. The molecule has 1 fully saturated rings. The zero-order valence-electron chi connectivity index (χ0n) is 12.0. The molecule has 0 N–H and O–H groups in total. The molecule has 2 aromatic rings. The molecule has 0 amide bonds. The fourth-order valence-electron chi connectivity index (χ4n) is 3.45. The highest BCUT2D eigenvalue weighted by molar-refractivity contribution is 5.21. The topological polar surface area (TPSA) is 26.9 Å². The van der Waals surface area contributed by atoms with Crippen LogP contribution in [0.3, 0.4) is 0 Å². The molecule has 0 aliphatic heterocycles. The molecular formula is C17H22N2O. The number of nitrogens with zero attached hydrogens (tertiary/aromatic N) is 2. The lowest BCUT2D eigenvalue weighted by Crippen LogP contribution is -2.31. The quantitative estimate of drug-likeness (QED) is 0.840. The molecule has 1 aliphatic rings. The van der Waals surface area contributed by atoms with Crippen LogP contribution in [0, 0.1) is 5.92 Å². The molecule has 0 bridgehead atoms. The van der Waals surface area contributed by atoms with Crippen molar-refractivity contribution in [1.29, 1.82) is 0 Å².